The molecule has 0 unspecified atom stereocenters. The van der Waals surface area contributed by atoms with Gasteiger partial charge in [-0.2, -0.15) is 0 Å². The first-order valence-corrected chi connectivity index (χ1v) is 12.9. The topological polar surface area (TPSA) is 120 Å². The lowest BCUT2D eigenvalue weighted by Gasteiger charge is -2.14. The number of benzene rings is 3. The molecule has 1 aliphatic heterocycles. The van der Waals surface area contributed by atoms with E-state index in [1.807, 2.05) is 25.1 Å². The van der Waals surface area contributed by atoms with Crippen LogP contribution in [0.25, 0.3) is 11.1 Å². The lowest BCUT2D eigenvalue weighted by molar-refractivity contribution is 0.0949. The number of carbonyl (C=O) groups excluding carboxylic acids is 2. The summed E-state index contributed by atoms with van der Waals surface area (Å²) in [7, 11) is 0.395. The minimum Gasteiger partial charge on any atom is -0.353 e. The monoisotopic (exact) mass is 493 g/mol. The number of nitrogens with one attached hydrogen (secondary N) is 4. The van der Waals surface area contributed by atoms with E-state index in [1.165, 1.54) is 0 Å². The van der Waals surface area contributed by atoms with Gasteiger partial charge in [0.25, 0.3) is 11.8 Å². The van der Waals surface area contributed by atoms with Gasteiger partial charge in [-0.25, -0.2) is 8.42 Å². The Balaban J connectivity index is 1.64. The minimum absolute atomic E-state index is 0.220. The number of amides is 2. The van der Waals surface area contributed by atoms with E-state index < -0.39 is 10.0 Å². The van der Waals surface area contributed by atoms with Crippen LogP contribution < -0.4 is 20.7 Å². The van der Waals surface area contributed by atoms with Gasteiger partial charge in [0.05, 0.1) is 34.6 Å². The average Bonchev–Trinajstić information content (AvgIpc) is 2.92. The van der Waals surface area contributed by atoms with Gasteiger partial charge in [-0.15, -0.1) is 0 Å². The molecule has 0 atom stereocenters. The zero-order valence-electron chi connectivity index (χ0n) is 19.7. The van der Waals surface area contributed by atoms with Crippen molar-refractivity contribution in [2.45, 2.75) is 0 Å². The minimum atomic E-state index is -3.47. The van der Waals surface area contributed by atoms with Crippen molar-refractivity contribution in [3.05, 3.63) is 71.8 Å². The molecule has 182 valence electrons. The molecule has 4 N–H and O–H groups in total. The summed E-state index contributed by atoms with van der Waals surface area (Å²) in [5.74, 6) is -0.534. The van der Waals surface area contributed by atoms with Crippen LogP contribution in [0.2, 0.25) is 0 Å². The van der Waals surface area contributed by atoms with Gasteiger partial charge in [-0.3, -0.25) is 14.3 Å². The molecule has 0 aromatic heterocycles. The Morgan fingerprint density at radius 2 is 1.69 bits per heavy atom. The number of rotatable bonds is 7. The van der Waals surface area contributed by atoms with E-state index >= 15 is 0 Å². The van der Waals surface area contributed by atoms with E-state index in [9.17, 15) is 18.0 Å². The third kappa shape index (κ3) is 5.79. The highest BCUT2D eigenvalue weighted by Crippen LogP contribution is 2.37. The molecule has 3 aromatic rings. The van der Waals surface area contributed by atoms with Gasteiger partial charge in [0, 0.05) is 24.2 Å². The van der Waals surface area contributed by atoms with Crippen molar-refractivity contribution < 1.29 is 18.0 Å². The molecule has 1 heterocycles. The van der Waals surface area contributed by atoms with Gasteiger partial charge in [-0.05, 0) is 56.1 Å². The van der Waals surface area contributed by atoms with E-state index in [0.29, 0.717) is 46.0 Å². The van der Waals surface area contributed by atoms with Gasteiger partial charge < -0.3 is 20.9 Å². The standard InChI is InChI=1S/C25H27N5O4S/c1-30(2)13-12-26-24(31)17-9-11-21-23(15-17)28-25(32)19-10-8-16(14-22(19)27-21)18-6-4-5-7-20(18)29-35(3,33)34/h4-11,14-15,27,29H,12-13H2,1-3H3,(H,26,31)(H,28,32). The van der Waals surface area contributed by atoms with Crippen LogP contribution in [-0.2, 0) is 10.0 Å². The van der Waals surface area contributed by atoms with Crippen molar-refractivity contribution >= 4 is 44.6 Å². The third-order valence-corrected chi connectivity index (χ3v) is 6.03. The number of carbonyl (C=O) groups is 2. The van der Waals surface area contributed by atoms with Crippen molar-refractivity contribution in [2.75, 3.05) is 48.8 Å². The highest BCUT2D eigenvalue weighted by molar-refractivity contribution is 7.92. The zero-order valence-corrected chi connectivity index (χ0v) is 20.5. The molecule has 3 aromatic carbocycles. The van der Waals surface area contributed by atoms with Crippen LogP contribution in [0, 0.1) is 0 Å². The Hall–Kier alpha value is -3.89. The summed E-state index contributed by atoms with van der Waals surface area (Å²) in [6.45, 7) is 1.23. The maximum absolute atomic E-state index is 12.9. The Labute approximate surface area is 204 Å². The number of hydrogen-bond acceptors (Lipinski definition) is 6. The van der Waals surface area contributed by atoms with Crippen LogP contribution in [0.15, 0.2) is 60.7 Å². The summed E-state index contributed by atoms with van der Waals surface area (Å²) in [4.78, 5) is 27.4. The van der Waals surface area contributed by atoms with Crippen molar-refractivity contribution in [1.82, 2.24) is 10.2 Å². The first-order valence-electron chi connectivity index (χ1n) is 11.0. The average molecular weight is 494 g/mol. The van der Waals surface area contributed by atoms with Crippen LogP contribution in [0.1, 0.15) is 20.7 Å². The first kappa shape index (κ1) is 24.2. The number of anilines is 4. The second-order valence-corrected chi connectivity index (χ2v) is 10.3. The maximum atomic E-state index is 12.9. The fraction of sp³-hybridized carbons (Fsp3) is 0.200. The molecule has 0 bridgehead atoms. The van der Waals surface area contributed by atoms with Crippen molar-refractivity contribution in [3.63, 3.8) is 0 Å². The molecular weight excluding hydrogens is 466 g/mol. The van der Waals surface area contributed by atoms with Crippen LogP contribution in [0.3, 0.4) is 0 Å². The smallest absolute Gasteiger partial charge is 0.257 e. The Morgan fingerprint density at radius 1 is 0.914 bits per heavy atom. The number of nitrogens with zero attached hydrogens (tertiary/aromatic N) is 1. The normalized spacial score (nSPS) is 12.6. The van der Waals surface area contributed by atoms with Crippen molar-refractivity contribution in [3.8, 4) is 11.1 Å². The quantitative estimate of drug-likeness (QED) is 0.401. The number of likely N-dealkylation sites (N-methyl/N-ethyl adjacent to an activating group) is 1. The molecule has 1 aliphatic rings. The van der Waals surface area contributed by atoms with Gasteiger partial charge in [0.2, 0.25) is 10.0 Å². The van der Waals surface area contributed by atoms with Crippen LogP contribution in [0.5, 0.6) is 0 Å². The van der Waals surface area contributed by atoms with Gasteiger partial charge in [-0.1, -0.05) is 24.3 Å². The Morgan fingerprint density at radius 3 is 2.43 bits per heavy atom. The fourth-order valence-electron chi connectivity index (χ4n) is 3.76. The predicted octanol–water partition coefficient (Wildman–Crippen LogP) is 3.33. The first-order chi connectivity index (χ1) is 16.6. The van der Waals surface area contributed by atoms with Crippen molar-refractivity contribution in [1.29, 1.82) is 0 Å². The molecule has 10 heteroatoms. The summed E-state index contributed by atoms with van der Waals surface area (Å²) in [5.41, 5.74) is 4.42. The highest BCUT2D eigenvalue weighted by atomic mass is 32.2. The molecule has 0 saturated carbocycles. The van der Waals surface area contributed by atoms with Crippen LogP contribution in [0.4, 0.5) is 22.7 Å². The Bertz CT molecular complexity index is 1400. The second kappa shape index (κ2) is 9.77. The molecular formula is C25H27N5O4S. The fourth-order valence-corrected chi connectivity index (χ4v) is 4.34. The summed E-state index contributed by atoms with van der Waals surface area (Å²) >= 11 is 0. The molecule has 0 spiro atoms. The van der Waals surface area contributed by atoms with E-state index in [4.69, 9.17) is 0 Å². The van der Waals surface area contributed by atoms with Gasteiger partial charge in [0.15, 0.2) is 0 Å². The second-order valence-electron chi connectivity index (χ2n) is 8.58. The number of sulfonamides is 1. The van der Waals surface area contributed by atoms with Gasteiger partial charge >= 0.3 is 0 Å². The van der Waals surface area contributed by atoms with E-state index in [2.05, 4.69) is 20.7 Å². The van der Waals surface area contributed by atoms with Crippen molar-refractivity contribution in [2.24, 2.45) is 0 Å². The summed E-state index contributed by atoms with van der Waals surface area (Å²) < 4.78 is 26.1. The lowest BCUT2D eigenvalue weighted by Crippen LogP contribution is -2.31. The molecule has 0 radical (unpaired) electrons. The summed E-state index contributed by atoms with van der Waals surface area (Å²) in [5, 5.41) is 9.01. The molecule has 0 saturated heterocycles. The maximum Gasteiger partial charge on any atom is 0.257 e. The lowest BCUT2D eigenvalue weighted by atomic mass is 10.0. The molecule has 0 aliphatic carbocycles. The molecule has 2 amide bonds. The third-order valence-electron chi connectivity index (χ3n) is 5.44. The predicted molar refractivity (Wildman–Crippen MR) is 139 cm³/mol. The summed E-state index contributed by atoms with van der Waals surface area (Å²) in [6, 6.07) is 17.4. The van der Waals surface area contributed by atoms with E-state index in [-0.39, 0.29) is 11.8 Å². The highest BCUT2D eigenvalue weighted by Gasteiger charge is 2.21. The number of para-hydroxylation sites is 1. The zero-order chi connectivity index (χ0) is 25.2. The SMILES string of the molecule is CN(C)CCNC(=O)c1ccc2c(c1)NC(=O)c1ccc(-c3ccccc3NS(C)(=O)=O)cc1N2. The largest absolute Gasteiger partial charge is 0.353 e. The van der Waals surface area contributed by atoms with E-state index in [1.54, 1.807) is 54.6 Å². The molecule has 35 heavy (non-hydrogen) atoms. The molecule has 0 fully saturated rings. The van der Waals surface area contributed by atoms with Gasteiger partial charge in [0.1, 0.15) is 0 Å². The number of fused-ring (bicyclic) bond motifs is 2. The Kier molecular flexibility index (Phi) is 6.77. The van der Waals surface area contributed by atoms with Crippen LogP contribution in [-0.4, -0.2) is 58.6 Å². The summed E-state index contributed by atoms with van der Waals surface area (Å²) in [6.07, 6.45) is 1.10. The molecule has 9 nitrogen and oxygen atoms in total. The number of hydrogen-bond donors (Lipinski definition) is 4. The van der Waals surface area contributed by atoms with Crippen LogP contribution >= 0.6 is 0 Å². The molecule has 4 rings (SSSR count). The van der Waals surface area contributed by atoms with E-state index in [0.717, 1.165) is 18.4 Å².